The smallest absolute Gasteiger partial charge is 0.319 e. The number of hydrogen-bond acceptors (Lipinski definition) is 7. The molecule has 1 aromatic heterocycles. The predicted octanol–water partition coefficient (Wildman–Crippen LogP) is 2.83. The minimum absolute atomic E-state index is 0.131. The largest absolute Gasteiger partial charge is 0.462 e. The van der Waals surface area contributed by atoms with E-state index in [0.717, 1.165) is 48.4 Å². The van der Waals surface area contributed by atoms with Crippen molar-refractivity contribution in [2.45, 2.75) is 44.2 Å². The number of nitrogens with zero attached hydrogens (tertiary/aromatic N) is 6. The highest BCUT2D eigenvalue weighted by atomic mass is 16.5. The molecule has 182 valence electrons. The number of piperazine rings is 1. The molecule has 35 heavy (non-hydrogen) atoms. The van der Waals surface area contributed by atoms with Gasteiger partial charge in [-0.25, -0.2) is 0 Å². The lowest BCUT2D eigenvalue weighted by Crippen LogP contribution is -2.55. The summed E-state index contributed by atoms with van der Waals surface area (Å²) < 4.78 is 6.20. The van der Waals surface area contributed by atoms with Gasteiger partial charge >= 0.3 is 6.01 Å². The van der Waals surface area contributed by atoms with Crippen molar-refractivity contribution >= 4 is 11.7 Å². The molecule has 1 aliphatic carbocycles. The van der Waals surface area contributed by atoms with Crippen molar-refractivity contribution in [1.29, 1.82) is 5.26 Å². The number of carbonyl (C=O) groups is 1. The van der Waals surface area contributed by atoms with Crippen LogP contribution < -0.4 is 9.64 Å². The van der Waals surface area contributed by atoms with E-state index in [0.29, 0.717) is 38.3 Å². The van der Waals surface area contributed by atoms with Crippen LogP contribution in [0, 0.1) is 11.3 Å². The van der Waals surface area contributed by atoms with Crippen LogP contribution in [0.1, 0.15) is 30.4 Å². The second-order valence-electron chi connectivity index (χ2n) is 9.60. The number of nitriles is 1. The summed E-state index contributed by atoms with van der Waals surface area (Å²) in [6.45, 7) is 6.99. The lowest BCUT2D eigenvalue weighted by Gasteiger charge is -2.41. The second kappa shape index (κ2) is 10.0. The molecule has 2 aliphatic heterocycles. The molecule has 3 heterocycles. The number of likely N-dealkylation sites (tertiary alicyclic amines) is 1. The minimum Gasteiger partial charge on any atom is -0.462 e. The van der Waals surface area contributed by atoms with Crippen LogP contribution >= 0.6 is 0 Å². The third-order valence-electron chi connectivity index (χ3n) is 7.52. The van der Waals surface area contributed by atoms with E-state index in [1.807, 2.05) is 6.07 Å². The van der Waals surface area contributed by atoms with Gasteiger partial charge in [-0.2, -0.15) is 15.2 Å². The number of fused-ring (bicyclic) bond motifs is 3. The Bertz CT molecular complexity index is 1160. The number of anilines is 1. The predicted molar refractivity (Wildman–Crippen MR) is 134 cm³/mol. The Morgan fingerprint density at radius 3 is 2.86 bits per heavy atom. The highest BCUT2D eigenvalue weighted by Gasteiger charge is 2.33. The molecule has 8 heteroatoms. The quantitative estimate of drug-likeness (QED) is 0.598. The molecule has 2 fully saturated rings. The molecule has 5 rings (SSSR count). The van der Waals surface area contributed by atoms with Crippen molar-refractivity contribution < 1.29 is 9.53 Å². The molecular formula is C27H32N6O2. The normalized spacial score (nSPS) is 21.7. The lowest BCUT2D eigenvalue weighted by atomic mass is 9.89. The van der Waals surface area contributed by atoms with Gasteiger partial charge in [0, 0.05) is 36.8 Å². The molecular weight excluding hydrogens is 440 g/mol. The summed E-state index contributed by atoms with van der Waals surface area (Å²) in [5, 5.41) is 9.41. The number of rotatable bonds is 6. The third-order valence-corrected chi connectivity index (χ3v) is 7.52. The Balaban J connectivity index is 1.49. The molecule has 0 spiro atoms. The first-order chi connectivity index (χ1) is 17.1. The molecule has 0 N–H and O–H groups in total. The fourth-order valence-electron chi connectivity index (χ4n) is 5.56. The standard InChI is InChI=1S/C27H32N6O2/c1-3-24(34)33-16-15-32(17-20(33)12-13-28)26-23-11-10-19-7-4-5-9-22(19)25(23)29-27(30-26)35-18-21-8-6-14-31(21)2/h3-5,7,9,20-21H,1,6,8,10-12,14-18H2,2H3/t20-,21-/m0/s1. The van der Waals surface area contributed by atoms with Crippen LogP contribution in [0.15, 0.2) is 36.9 Å². The van der Waals surface area contributed by atoms with E-state index in [9.17, 15) is 10.1 Å². The molecule has 0 radical (unpaired) electrons. The number of aryl methyl sites for hydroxylation is 1. The van der Waals surface area contributed by atoms with Gasteiger partial charge in [0.15, 0.2) is 0 Å². The van der Waals surface area contributed by atoms with Gasteiger partial charge in [-0.3, -0.25) is 4.79 Å². The third kappa shape index (κ3) is 4.61. The number of carbonyl (C=O) groups excluding carboxylic acids is 1. The van der Waals surface area contributed by atoms with Gasteiger partial charge in [0.05, 0.1) is 24.2 Å². The van der Waals surface area contributed by atoms with Gasteiger partial charge in [-0.15, -0.1) is 0 Å². The monoisotopic (exact) mass is 472 g/mol. The number of likely N-dealkylation sites (N-methyl/N-ethyl adjacent to an activating group) is 1. The first-order valence-electron chi connectivity index (χ1n) is 12.5. The number of amides is 1. The molecule has 8 nitrogen and oxygen atoms in total. The van der Waals surface area contributed by atoms with Gasteiger partial charge < -0.3 is 19.4 Å². The zero-order chi connectivity index (χ0) is 24.4. The van der Waals surface area contributed by atoms with Gasteiger partial charge in [0.2, 0.25) is 5.91 Å². The van der Waals surface area contributed by atoms with Crippen molar-refractivity contribution in [3.8, 4) is 23.3 Å². The Hall–Kier alpha value is -3.44. The Morgan fingerprint density at radius 2 is 2.09 bits per heavy atom. The first kappa shape index (κ1) is 23.3. The van der Waals surface area contributed by atoms with Crippen LogP contribution in [-0.2, 0) is 17.6 Å². The maximum atomic E-state index is 12.4. The van der Waals surface area contributed by atoms with Crippen LogP contribution in [0.3, 0.4) is 0 Å². The second-order valence-corrected chi connectivity index (χ2v) is 9.60. The zero-order valence-electron chi connectivity index (χ0n) is 20.3. The van der Waals surface area contributed by atoms with Gasteiger partial charge in [-0.1, -0.05) is 30.8 Å². The van der Waals surface area contributed by atoms with Gasteiger partial charge in [0.1, 0.15) is 12.4 Å². The lowest BCUT2D eigenvalue weighted by molar-refractivity contribution is -0.128. The van der Waals surface area contributed by atoms with Crippen molar-refractivity contribution in [1.82, 2.24) is 19.8 Å². The molecule has 2 saturated heterocycles. The van der Waals surface area contributed by atoms with Gasteiger partial charge in [-0.05, 0) is 50.9 Å². The average molecular weight is 473 g/mol. The first-order valence-corrected chi connectivity index (χ1v) is 12.5. The van der Waals surface area contributed by atoms with Crippen LogP contribution in [0.5, 0.6) is 6.01 Å². The Labute approximate surface area is 206 Å². The zero-order valence-corrected chi connectivity index (χ0v) is 20.3. The van der Waals surface area contributed by atoms with E-state index in [2.05, 4.69) is 47.7 Å². The molecule has 0 saturated carbocycles. The molecule has 2 aromatic rings. The number of hydrogen-bond donors (Lipinski definition) is 0. The molecule has 2 atom stereocenters. The van der Waals surface area contributed by atoms with Crippen LogP contribution in [-0.4, -0.2) is 77.6 Å². The number of aromatic nitrogens is 2. The van der Waals surface area contributed by atoms with Crippen LogP contribution in [0.2, 0.25) is 0 Å². The van der Waals surface area contributed by atoms with Crippen molar-refractivity contribution in [2.75, 3.05) is 44.7 Å². The maximum absolute atomic E-state index is 12.4. The Kier molecular flexibility index (Phi) is 6.69. The van der Waals surface area contributed by atoms with E-state index < -0.39 is 0 Å². The number of ether oxygens (including phenoxy) is 1. The summed E-state index contributed by atoms with van der Waals surface area (Å²) in [4.78, 5) is 28.5. The Morgan fingerprint density at radius 1 is 1.23 bits per heavy atom. The van der Waals surface area contributed by atoms with Gasteiger partial charge in [0.25, 0.3) is 0 Å². The molecule has 1 aromatic carbocycles. The number of benzene rings is 1. The summed E-state index contributed by atoms with van der Waals surface area (Å²) >= 11 is 0. The van der Waals surface area contributed by atoms with E-state index in [1.165, 1.54) is 18.1 Å². The van der Waals surface area contributed by atoms with E-state index in [-0.39, 0.29) is 18.4 Å². The van der Waals surface area contributed by atoms with Crippen molar-refractivity contribution in [3.05, 3.63) is 48.0 Å². The molecule has 0 bridgehead atoms. The van der Waals surface area contributed by atoms with E-state index in [1.54, 1.807) is 4.90 Å². The maximum Gasteiger partial charge on any atom is 0.319 e. The van der Waals surface area contributed by atoms with E-state index in [4.69, 9.17) is 14.7 Å². The minimum atomic E-state index is -0.211. The summed E-state index contributed by atoms with van der Waals surface area (Å²) in [6, 6.07) is 11.2. The van der Waals surface area contributed by atoms with Crippen LogP contribution in [0.25, 0.3) is 11.3 Å². The topological polar surface area (TPSA) is 85.6 Å². The summed E-state index contributed by atoms with van der Waals surface area (Å²) in [5.74, 6) is 0.737. The molecule has 0 unspecified atom stereocenters. The average Bonchev–Trinajstić information content (AvgIpc) is 3.31. The highest BCUT2D eigenvalue weighted by molar-refractivity contribution is 5.87. The highest BCUT2D eigenvalue weighted by Crippen LogP contribution is 2.38. The molecule has 1 amide bonds. The van der Waals surface area contributed by atoms with Crippen LogP contribution in [0.4, 0.5) is 5.82 Å². The van der Waals surface area contributed by atoms with Crippen molar-refractivity contribution in [2.24, 2.45) is 0 Å². The molecule has 3 aliphatic rings. The fourth-order valence-corrected chi connectivity index (χ4v) is 5.56. The summed E-state index contributed by atoms with van der Waals surface area (Å²) in [7, 11) is 2.13. The fraction of sp³-hybridized carbons (Fsp3) is 0.481. The van der Waals surface area contributed by atoms with E-state index >= 15 is 0 Å². The summed E-state index contributed by atoms with van der Waals surface area (Å²) in [6.07, 6.45) is 5.68. The summed E-state index contributed by atoms with van der Waals surface area (Å²) in [5.41, 5.74) is 4.48. The van der Waals surface area contributed by atoms with Crippen molar-refractivity contribution in [3.63, 3.8) is 0 Å². The SMILES string of the molecule is C=CC(=O)N1CCN(c2nc(OC[C@@H]3CCCN3C)nc3c2CCc2ccccc2-3)C[C@@H]1CC#N.